The zero-order chi connectivity index (χ0) is 18.3. The van der Waals surface area contributed by atoms with Crippen molar-refractivity contribution in [1.82, 2.24) is 4.98 Å². The third-order valence-corrected chi connectivity index (χ3v) is 3.86. The molecular weight excluding hydrogens is 358 g/mol. The SMILES string of the molecule is CCOC(=O)c1nc(F)c(F)c(N2C(=O)c3ccccc3C2=O)c1Cl. The Balaban J connectivity index is 2.20. The van der Waals surface area contributed by atoms with Crippen LogP contribution in [0.1, 0.15) is 38.1 Å². The molecule has 1 aromatic carbocycles. The Hall–Kier alpha value is -2.87. The lowest BCUT2D eigenvalue weighted by molar-refractivity contribution is 0.0517. The summed E-state index contributed by atoms with van der Waals surface area (Å²) in [4.78, 5) is 40.2. The minimum atomic E-state index is -1.68. The zero-order valence-electron chi connectivity index (χ0n) is 12.7. The van der Waals surface area contributed by atoms with Crippen LogP contribution in [0.2, 0.25) is 5.02 Å². The molecule has 0 saturated heterocycles. The van der Waals surface area contributed by atoms with Crippen molar-refractivity contribution in [1.29, 1.82) is 0 Å². The number of carbonyl (C=O) groups is 3. The number of aromatic nitrogens is 1. The average molecular weight is 367 g/mol. The van der Waals surface area contributed by atoms with Crippen LogP contribution in [0, 0.1) is 11.8 Å². The maximum atomic E-state index is 14.3. The second-order valence-electron chi connectivity index (χ2n) is 4.94. The van der Waals surface area contributed by atoms with Crippen molar-refractivity contribution in [2.24, 2.45) is 0 Å². The second kappa shape index (κ2) is 6.21. The molecule has 128 valence electrons. The van der Waals surface area contributed by atoms with Gasteiger partial charge in [0.2, 0.25) is 5.82 Å². The van der Waals surface area contributed by atoms with Crippen molar-refractivity contribution < 1.29 is 27.9 Å². The van der Waals surface area contributed by atoms with E-state index in [0.29, 0.717) is 4.90 Å². The molecular formula is C16H9ClF2N2O4. The Morgan fingerprint density at radius 2 is 1.76 bits per heavy atom. The summed E-state index contributed by atoms with van der Waals surface area (Å²) < 4.78 is 32.8. The normalized spacial score (nSPS) is 13.2. The molecule has 0 aliphatic carbocycles. The molecule has 1 aliphatic rings. The van der Waals surface area contributed by atoms with Crippen LogP contribution < -0.4 is 4.90 Å². The lowest BCUT2D eigenvalue weighted by Crippen LogP contribution is -2.31. The number of ether oxygens (including phenoxy) is 1. The largest absolute Gasteiger partial charge is 0.461 e. The Kier molecular flexibility index (Phi) is 4.22. The second-order valence-corrected chi connectivity index (χ2v) is 5.32. The third kappa shape index (κ3) is 2.54. The Morgan fingerprint density at radius 1 is 1.20 bits per heavy atom. The minimum absolute atomic E-state index is 0.0119. The number of amides is 2. The lowest BCUT2D eigenvalue weighted by atomic mass is 10.1. The first-order chi connectivity index (χ1) is 11.9. The summed E-state index contributed by atoms with van der Waals surface area (Å²) >= 11 is 5.95. The van der Waals surface area contributed by atoms with Crippen LogP contribution in [-0.4, -0.2) is 29.4 Å². The molecule has 2 aromatic rings. The van der Waals surface area contributed by atoms with Crippen LogP contribution in [0.5, 0.6) is 0 Å². The number of pyridine rings is 1. The topological polar surface area (TPSA) is 76.6 Å². The summed E-state index contributed by atoms with van der Waals surface area (Å²) in [5.74, 6) is -6.18. The van der Waals surface area contributed by atoms with Crippen LogP contribution in [0.3, 0.4) is 0 Å². The first kappa shape index (κ1) is 17.0. The van der Waals surface area contributed by atoms with Gasteiger partial charge < -0.3 is 4.74 Å². The number of imide groups is 1. The minimum Gasteiger partial charge on any atom is -0.461 e. The van der Waals surface area contributed by atoms with E-state index in [1.807, 2.05) is 0 Å². The summed E-state index contributed by atoms with van der Waals surface area (Å²) in [6.07, 6.45) is 0. The van der Waals surface area contributed by atoms with E-state index in [2.05, 4.69) is 9.72 Å². The summed E-state index contributed by atoms with van der Waals surface area (Å²) in [6.45, 7) is 1.44. The van der Waals surface area contributed by atoms with Gasteiger partial charge in [-0.1, -0.05) is 23.7 Å². The molecule has 3 rings (SSSR count). The number of benzene rings is 1. The smallest absolute Gasteiger partial charge is 0.358 e. The number of carbonyl (C=O) groups excluding carboxylic acids is 3. The Labute approximate surface area is 145 Å². The van der Waals surface area contributed by atoms with Gasteiger partial charge in [-0.3, -0.25) is 9.59 Å². The van der Waals surface area contributed by atoms with E-state index >= 15 is 0 Å². The van der Waals surface area contributed by atoms with E-state index in [1.165, 1.54) is 31.2 Å². The number of hydrogen-bond donors (Lipinski definition) is 0. The highest BCUT2D eigenvalue weighted by Crippen LogP contribution is 2.37. The van der Waals surface area contributed by atoms with Crippen LogP contribution in [0.25, 0.3) is 0 Å². The number of nitrogens with zero attached hydrogens (tertiary/aromatic N) is 2. The Morgan fingerprint density at radius 3 is 2.28 bits per heavy atom. The highest BCUT2D eigenvalue weighted by Gasteiger charge is 2.41. The van der Waals surface area contributed by atoms with Gasteiger partial charge in [0.1, 0.15) is 10.7 Å². The molecule has 0 radical (unpaired) electrons. The highest BCUT2D eigenvalue weighted by atomic mass is 35.5. The predicted molar refractivity (Wildman–Crippen MR) is 82.7 cm³/mol. The van der Waals surface area contributed by atoms with Gasteiger partial charge in [0, 0.05) is 0 Å². The quantitative estimate of drug-likeness (QED) is 0.474. The molecule has 0 saturated carbocycles. The molecule has 25 heavy (non-hydrogen) atoms. The molecule has 2 heterocycles. The number of halogens is 3. The van der Waals surface area contributed by atoms with Gasteiger partial charge in [0.15, 0.2) is 5.69 Å². The fourth-order valence-corrected chi connectivity index (χ4v) is 2.71. The van der Waals surface area contributed by atoms with Gasteiger partial charge in [-0.25, -0.2) is 14.7 Å². The van der Waals surface area contributed by atoms with Crippen molar-refractivity contribution in [3.63, 3.8) is 0 Å². The zero-order valence-corrected chi connectivity index (χ0v) is 13.4. The molecule has 2 amide bonds. The fraction of sp³-hybridized carbons (Fsp3) is 0.125. The molecule has 0 spiro atoms. The molecule has 0 fully saturated rings. The van der Waals surface area contributed by atoms with Crippen LogP contribution in [0.15, 0.2) is 24.3 Å². The summed E-state index contributed by atoms with van der Waals surface area (Å²) in [5, 5.41) is -0.688. The number of fused-ring (bicyclic) bond motifs is 1. The van der Waals surface area contributed by atoms with E-state index in [4.69, 9.17) is 11.6 Å². The maximum absolute atomic E-state index is 14.3. The van der Waals surface area contributed by atoms with Gasteiger partial charge in [-0.2, -0.15) is 8.78 Å². The molecule has 0 atom stereocenters. The van der Waals surface area contributed by atoms with Crippen molar-refractivity contribution in [2.45, 2.75) is 6.92 Å². The maximum Gasteiger partial charge on any atom is 0.358 e. The van der Waals surface area contributed by atoms with Gasteiger partial charge in [-0.15, -0.1) is 0 Å². The molecule has 9 heteroatoms. The van der Waals surface area contributed by atoms with E-state index in [9.17, 15) is 23.2 Å². The Bertz CT molecular complexity index is 898. The van der Waals surface area contributed by atoms with E-state index in [-0.39, 0.29) is 17.7 Å². The van der Waals surface area contributed by atoms with Gasteiger partial charge in [-0.05, 0) is 19.1 Å². The first-order valence-electron chi connectivity index (χ1n) is 7.07. The molecule has 6 nitrogen and oxygen atoms in total. The van der Waals surface area contributed by atoms with Crippen LogP contribution in [0.4, 0.5) is 14.5 Å². The molecule has 0 N–H and O–H groups in total. The van der Waals surface area contributed by atoms with Gasteiger partial charge in [0.25, 0.3) is 17.8 Å². The van der Waals surface area contributed by atoms with E-state index < -0.39 is 46.0 Å². The van der Waals surface area contributed by atoms with E-state index in [1.54, 1.807) is 0 Å². The molecule has 1 aliphatic heterocycles. The third-order valence-electron chi connectivity index (χ3n) is 3.50. The van der Waals surface area contributed by atoms with Crippen molar-refractivity contribution in [3.8, 4) is 0 Å². The molecule has 1 aromatic heterocycles. The monoisotopic (exact) mass is 366 g/mol. The van der Waals surface area contributed by atoms with Crippen LogP contribution >= 0.6 is 11.6 Å². The number of esters is 1. The first-order valence-corrected chi connectivity index (χ1v) is 7.45. The van der Waals surface area contributed by atoms with Crippen LogP contribution in [-0.2, 0) is 4.74 Å². The predicted octanol–water partition coefficient (Wildman–Crippen LogP) is 2.99. The molecule has 0 bridgehead atoms. The standard InChI is InChI=1S/C16H9ClF2N2O4/c1-2-25-16(24)11-9(17)12(10(18)13(19)20-11)21-14(22)7-5-3-4-6-8(7)15(21)23/h3-6H,2H2,1H3. The number of hydrogen-bond acceptors (Lipinski definition) is 5. The van der Waals surface area contributed by atoms with Gasteiger partial charge >= 0.3 is 5.97 Å². The average Bonchev–Trinajstić information content (AvgIpc) is 2.84. The summed E-state index contributed by atoms with van der Waals surface area (Å²) in [5.41, 5.74) is -1.58. The highest BCUT2D eigenvalue weighted by molar-refractivity contribution is 6.41. The fourth-order valence-electron chi connectivity index (χ4n) is 2.43. The van der Waals surface area contributed by atoms with E-state index in [0.717, 1.165) is 0 Å². The van der Waals surface area contributed by atoms with Crippen molar-refractivity contribution >= 4 is 35.1 Å². The number of rotatable bonds is 3. The lowest BCUT2D eigenvalue weighted by Gasteiger charge is -2.17. The number of anilines is 1. The molecule has 0 unspecified atom stereocenters. The van der Waals surface area contributed by atoms with Crippen molar-refractivity contribution in [2.75, 3.05) is 11.5 Å². The summed E-state index contributed by atoms with van der Waals surface area (Å²) in [7, 11) is 0. The van der Waals surface area contributed by atoms with Crippen molar-refractivity contribution in [3.05, 3.63) is 57.9 Å². The summed E-state index contributed by atoms with van der Waals surface area (Å²) in [6, 6.07) is 5.77. The van der Waals surface area contributed by atoms with Gasteiger partial charge in [0.05, 0.1) is 17.7 Å².